The molecule has 0 aliphatic carbocycles. The quantitative estimate of drug-likeness (QED) is 0.500. The van der Waals surface area contributed by atoms with E-state index in [9.17, 15) is 0 Å². The van der Waals surface area contributed by atoms with Gasteiger partial charge in [0.25, 0.3) is 0 Å². The molecule has 2 heterocycles. The van der Waals surface area contributed by atoms with Crippen molar-refractivity contribution in [2.45, 2.75) is 25.7 Å². The summed E-state index contributed by atoms with van der Waals surface area (Å²) in [6, 6.07) is 7.53. The largest absolute Gasteiger partial charge is 0.399 e. The van der Waals surface area contributed by atoms with Gasteiger partial charge >= 0.3 is 0 Å². The number of nitrogens with two attached hydrogens (primary N) is 1. The molecule has 25 heavy (non-hydrogen) atoms. The summed E-state index contributed by atoms with van der Waals surface area (Å²) in [5.41, 5.74) is 8.15. The van der Waals surface area contributed by atoms with Crippen LogP contribution in [0.3, 0.4) is 0 Å². The standard InChI is InChI=1S/C20H25N5/c21-19-7-4-6-17(14-19)8-9-18-15-23-20(24-16-18)22-10-5-13-25-11-2-1-3-12-25/h4,6-7,14-16H,1-3,5,10-13,21H2,(H,22,23,24). The number of hydrogen-bond donors (Lipinski definition) is 2. The maximum absolute atomic E-state index is 5.75. The molecule has 0 saturated carbocycles. The van der Waals surface area contributed by atoms with E-state index in [1.165, 1.54) is 32.4 Å². The Morgan fingerprint density at radius 3 is 2.56 bits per heavy atom. The summed E-state index contributed by atoms with van der Waals surface area (Å²) in [5.74, 6) is 6.79. The molecule has 1 saturated heterocycles. The van der Waals surface area contributed by atoms with Crippen molar-refractivity contribution < 1.29 is 0 Å². The Balaban J connectivity index is 1.44. The van der Waals surface area contributed by atoms with Crippen molar-refractivity contribution in [2.75, 3.05) is 37.2 Å². The molecule has 3 rings (SSSR count). The predicted octanol–water partition coefficient (Wildman–Crippen LogP) is 2.75. The maximum atomic E-state index is 5.75. The highest BCUT2D eigenvalue weighted by Crippen LogP contribution is 2.09. The average Bonchev–Trinajstić information content (AvgIpc) is 2.65. The van der Waals surface area contributed by atoms with Gasteiger partial charge in [-0.2, -0.15) is 0 Å². The molecule has 0 bridgehead atoms. The number of piperidine rings is 1. The van der Waals surface area contributed by atoms with Gasteiger partial charge in [0.15, 0.2) is 0 Å². The van der Waals surface area contributed by atoms with Crippen LogP contribution in [0.15, 0.2) is 36.7 Å². The number of likely N-dealkylation sites (tertiary alicyclic amines) is 1. The first-order valence-electron chi connectivity index (χ1n) is 8.95. The first-order valence-corrected chi connectivity index (χ1v) is 8.95. The topological polar surface area (TPSA) is 67.1 Å². The average molecular weight is 335 g/mol. The second-order valence-electron chi connectivity index (χ2n) is 6.35. The molecular weight excluding hydrogens is 310 g/mol. The highest BCUT2D eigenvalue weighted by molar-refractivity contribution is 5.49. The Hall–Kier alpha value is -2.58. The van der Waals surface area contributed by atoms with Crippen LogP contribution in [0.1, 0.15) is 36.8 Å². The van der Waals surface area contributed by atoms with Gasteiger partial charge in [0, 0.05) is 30.2 Å². The summed E-state index contributed by atoms with van der Waals surface area (Å²) in [7, 11) is 0. The summed E-state index contributed by atoms with van der Waals surface area (Å²) < 4.78 is 0. The lowest BCUT2D eigenvalue weighted by Crippen LogP contribution is -2.31. The van der Waals surface area contributed by atoms with Crippen molar-refractivity contribution in [1.29, 1.82) is 0 Å². The highest BCUT2D eigenvalue weighted by Gasteiger charge is 2.08. The Bertz CT molecular complexity index is 724. The molecule has 1 aliphatic heterocycles. The molecule has 2 aromatic rings. The van der Waals surface area contributed by atoms with E-state index in [0.29, 0.717) is 11.6 Å². The Morgan fingerprint density at radius 1 is 1.04 bits per heavy atom. The molecule has 0 radical (unpaired) electrons. The van der Waals surface area contributed by atoms with Gasteiger partial charge in [0.2, 0.25) is 5.95 Å². The highest BCUT2D eigenvalue weighted by atomic mass is 15.1. The zero-order valence-corrected chi connectivity index (χ0v) is 14.5. The van der Waals surface area contributed by atoms with E-state index < -0.39 is 0 Å². The molecule has 3 N–H and O–H groups in total. The van der Waals surface area contributed by atoms with Gasteiger partial charge in [0.05, 0.1) is 5.56 Å². The van der Waals surface area contributed by atoms with Crippen LogP contribution in [0.5, 0.6) is 0 Å². The van der Waals surface area contributed by atoms with Gasteiger partial charge in [-0.05, 0) is 57.1 Å². The number of nitrogens with one attached hydrogen (secondary N) is 1. The molecule has 0 amide bonds. The van der Waals surface area contributed by atoms with E-state index in [4.69, 9.17) is 5.73 Å². The fourth-order valence-corrected chi connectivity index (χ4v) is 2.93. The third-order valence-corrected chi connectivity index (χ3v) is 4.27. The number of hydrogen-bond acceptors (Lipinski definition) is 5. The molecule has 0 atom stereocenters. The summed E-state index contributed by atoms with van der Waals surface area (Å²) in [6.45, 7) is 4.54. The zero-order valence-electron chi connectivity index (χ0n) is 14.5. The summed E-state index contributed by atoms with van der Waals surface area (Å²) in [4.78, 5) is 11.2. The lowest BCUT2D eigenvalue weighted by Gasteiger charge is -2.26. The molecule has 5 nitrogen and oxygen atoms in total. The molecule has 130 valence electrons. The number of aromatic nitrogens is 2. The normalized spacial score (nSPS) is 14.6. The van der Waals surface area contributed by atoms with Crippen LogP contribution < -0.4 is 11.1 Å². The summed E-state index contributed by atoms with van der Waals surface area (Å²) >= 11 is 0. The van der Waals surface area contributed by atoms with Crippen LogP contribution in [-0.4, -0.2) is 41.0 Å². The Kier molecular flexibility index (Phi) is 6.24. The van der Waals surface area contributed by atoms with E-state index in [1.807, 2.05) is 24.3 Å². The molecule has 1 aromatic heterocycles. The van der Waals surface area contributed by atoms with E-state index in [2.05, 4.69) is 32.0 Å². The van der Waals surface area contributed by atoms with Crippen molar-refractivity contribution in [3.8, 4) is 11.8 Å². The van der Waals surface area contributed by atoms with Crippen molar-refractivity contribution in [3.05, 3.63) is 47.8 Å². The van der Waals surface area contributed by atoms with Gasteiger partial charge in [-0.15, -0.1) is 0 Å². The number of benzene rings is 1. The first kappa shape index (κ1) is 17.2. The minimum atomic E-state index is 0.660. The lowest BCUT2D eigenvalue weighted by molar-refractivity contribution is 0.228. The third-order valence-electron chi connectivity index (χ3n) is 4.27. The fourth-order valence-electron chi connectivity index (χ4n) is 2.93. The van der Waals surface area contributed by atoms with Crippen LogP contribution >= 0.6 is 0 Å². The summed E-state index contributed by atoms with van der Waals surface area (Å²) in [5, 5.41) is 3.28. The molecule has 0 unspecified atom stereocenters. The molecular formula is C20H25N5. The van der Waals surface area contributed by atoms with E-state index in [0.717, 1.165) is 30.6 Å². The smallest absolute Gasteiger partial charge is 0.222 e. The predicted molar refractivity (Wildman–Crippen MR) is 102 cm³/mol. The van der Waals surface area contributed by atoms with Gasteiger partial charge in [0.1, 0.15) is 0 Å². The van der Waals surface area contributed by atoms with E-state index in [-0.39, 0.29) is 0 Å². The van der Waals surface area contributed by atoms with E-state index in [1.54, 1.807) is 12.4 Å². The second kappa shape index (κ2) is 9.05. The van der Waals surface area contributed by atoms with Crippen molar-refractivity contribution >= 4 is 11.6 Å². The van der Waals surface area contributed by atoms with Gasteiger partial charge in [-0.25, -0.2) is 9.97 Å². The summed E-state index contributed by atoms with van der Waals surface area (Å²) in [6.07, 6.45) is 8.68. The SMILES string of the molecule is Nc1cccc(C#Cc2cnc(NCCCN3CCCCC3)nc2)c1. The van der Waals surface area contributed by atoms with Crippen molar-refractivity contribution in [3.63, 3.8) is 0 Å². The van der Waals surface area contributed by atoms with E-state index >= 15 is 0 Å². The molecule has 1 aliphatic rings. The van der Waals surface area contributed by atoms with Crippen LogP contribution in [0, 0.1) is 11.8 Å². The molecule has 1 aromatic carbocycles. The third kappa shape index (κ3) is 5.77. The molecule has 0 spiro atoms. The van der Waals surface area contributed by atoms with Gasteiger partial charge in [-0.1, -0.05) is 24.3 Å². The van der Waals surface area contributed by atoms with Crippen LogP contribution in [0.2, 0.25) is 0 Å². The monoisotopic (exact) mass is 335 g/mol. The van der Waals surface area contributed by atoms with Crippen LogP contribution in [-0.2, 0) is 0 Å². The minimum Gasteiger partial charge on any atom is -0.399 e. The van der Waals surface area contributed by atoms with Crippen molar-refractivity contribution in [1.82, 2.24) is 14.9 Å². The minimum absolute atomic E-state index is 0.660. The van der Waals surface area contributed by atoms with Crippen LogP contribution in [0.25, 0.3) is 0 Å². The number of nitrogen functional groups attached to an aromatic ring is 1. The lowest BCUT2D eigenvalue weighted by atomic mass is 10.1. The molecule has 1 fully saturated rings. The maximum Gasteiger partial charge on any atom is 0.222 e. The number of anilines is 2. The van der Waals surface area contributed by atoms with Gasteiger partial charge < -0.3 is 16.0 Å². The fraction of sp³-hybridized carbons (Fsp3) is 0.400. The number of rotatable bonds is 5. The Morgan fingerprint density at radius 2 is 1.80 bits per heavy atom. The van der Waals surface area contributed by atoms with Crippen molar-refractivity contribution in [2.24, 2.45) is 0 Å². The zero-order chi connectivity index (χ0) is 17.3. The molecule has 5 heteroatoms. The number of nitrogens with zero attached hydrogens (tertiary/aromatic N) is 3. The first-order chi connectivity index (χ1) is 12.3. The van der Waals surface area contributed by atoms with Gasteiger partial charge in [-0.3, -0.25) is 0 Å². The second-order valence-corrected chi connectivity index (χ2v) is 6.35. The Labute approximate surface area is 149 Å². The van der Waals surface area contributed by atoms with Crippen LogP contribution in [0.4, 0.5) is 11.6 Å².